The molecule has 0 aliphatic carbocycles. The molecule has 0 aromatic heterocycles. The summed E-state index contributed by atoms with van der Waals surface area (Å²) in [5.41, 5.74) is 2.33. The van der Waals surface area contributed by atoms with Gasteiger partial charge in [-0.15, -0.1) is 0 Å². The molecule has 3 heteroatoms. The van der Waals surface area contributed by atoms with E-state index in [4.69, 9.17) is 5.26 Å². The van der Waals surface area contributed by atoms with E-state index in [0.29, 0.717) is 6.54 Å². The largest absolute Gasteiger partial charge is 0.355 e. The third kappa shape index (κ3) is 4.21. The van der Waals surface area contributed by atoms with Gasteiger partial charge in [0.05, 0.1) is 6.07 Å². The number of carbonyl (C=O) groups excluding carboxylic acids is 1. The van der Waals surface area contributed by atoms with Gasteiger partial charge in [0.2, 0.25) is 5.91 Å². The molecule has 0 saturated carbocycles. The molecule has 0 unspecified atom stereocenters. The fourth-order valence-corrected chi connectivity index (χ4v) is 1.68. The Morgan fingerprint density at radius 3 is 2.50 bits per heavy atom. The highest BCUT2D eigenvalue weighted by Gasteiger charge is 2.20. The lowest BCUT2D eigenvalue weighted by molar-refractivity contribution is -0.121. The van der Waals surface area contributed by atoms with Crippen molar-refractivity contribution in [1.82, 2.24) is 5.32 Å². The van der Waals surface area contributed by atoms with Crippen LogP contribution in [0.5, 0.6) is 0 Å². The zero-order valence-corrected chi connectivity index (χ0v) is 11.3. The summed E-state index contributed by atoms with van der Waals surface area (Å²) in [5, 5.41) is 11.3. The van der Waals surface area contributed by atoms with Gasteiger partial charge < -0.3 is 5.32 Å². The number of nitrogens with one attached hydrogen (secondary N) is 1. The second kappa shape index (κ2) is 6.20. The Balaban J connectivity index is 2.57. The third-order valence-corrected chi connectivity index (χ3v) is 3.02. The van der Waals surface area contributed by atoms with Gasteiger partial charge in [0.1, 0.15) is 0 Å². The zero-order valence-electron chi connectivity index (χ0n) is 11.3. The molecular weight excluding hydrogens is 224 g/mol. The summed E-state index contributed by atoms with van der Waals surface area (Å²) < 4.78 is 0. The smallest absolute Gasteiger partial charge is 0.221 e. The van der Waals surface area contributed by atoms with Crippen molar-refractivity contribution in [3.63, 3.8) is 0 Å². The van der Waals surface area contributed by atoms with Crippen LogP contribution >= 0.6 is 0 Å². The maximum atomic E-state index is 11.5. The van der Waals surface area contributed by atoms with Gasteiger partial charge in [-0.3, -0.25) is 4.79 Å². The maximum absolute atomic E-state index is 11.5. The Bertz CT molecular complexity index is 441. The summed E-state index contributed by atoms with van der Waals surface area (Å²) in [5.74, 6) is -0.0586. The summed E-state index contributed by atoms with van der Waals surface area (Å²) in [6, 6.07) is 10.3. The second-order valence-electron chi connectivity index (χ2n) is 5.18. The van der Waals surface area contributed by atoms with Crippen LogP contribution in [0.15, 0.2) is 24.3 Å². The molecule has 96 valence electrons. The van der Waals surface area contributed by atoms with Crippen molar-refractivity contribution in [3.05, 3.63) is 35.4 Å². The van der Waals surface area contributed by atoms with E-state index in [1.807, 2.05) is 6.07 Å². The first-order valence-electron chi connectivity index (χ1n) is 6.16. The van der Waals surface area contributed by atoms with Crippen LogP contribution in [0.1, 0.15) is 37.8 Å². The number of amides is 1. The van der Waals surface area contributed by atoms with Crippen molar-refractivity contribution >= 4 is 5.91 Å². The first-order chi connectivity index (χ1) is 8.45. The number of nitrogens with zero attached hydrogens (tertiary/aromatic N) is 1. The summed E-state index contributed by atoms with van der Waals surface area (Å²) in [7, 11) is 0. The molecule has 0 saturated heterocycles. The number of nitriles is 1. The number of rotatable bonds is 5. The van der Waals surface area contributed by atoms with Gasteiger partial charge in [0.15, 0.2) is 0 Å². The van der Waals surface area contributed by atoms with E-state index in [2.05, 4.69) is 50.4 Å². The molecule has 1 amide bonds. The molecule has 1 rings (SSSR count). The molecule has 18 heavy (non-hydrogen) atoms. The first-order valence-corrected chi connectivity index (χ1v) is 6.16. The zero-order chi connectivity index (χ0) is 13.6. The van der Waals surface area contributed by atoms with E-state index in [1.165, 1.54) is 11.1 Å². The molecule has 3 nitrogen and oxygen atoms in total. The molecule has 1 aromatic rings. The Labute approximate surface area is 109 Å². The van der Waals surface area contributed by atoms with Crippen molar-refractivity contribution in [2.45, 2.75) is 39.0 Å². The minimum absolute atomic E-state index is 0.0586. The second-order valence-corrected chi connectivity index (χ2v) is 5.18. The van der Waals surface area contributed by atoms with Gasteiger partial charge in [0.25, 0.3) is 0 Å². The fourth-order valence-electron chi connectivity index (χ4n) is 1.68. The van der Waals surface area contributed by atoms with Crippen LogP contribution in [-0.2, 0) is 10.2 Å². The molecule has 0 atom stereocenters. The topological polar surface area (TPSA) is 52.9 Å². The average molecular weight is 244 g/mol. The van der Waals surface area contributed by atoms with Gasteiger partial charge >= 0.3 is 0 Å². The van der Waals surface area contributed by atoms with Crippen LogP contribution in [0.25, 0.3) is 0 Å². The van der Waals surface area contributed by atoms with E-state index in [9.17, 15) is 4.79 Å². The monoisotopic (exact) mass is 244 g/mol. The highest BCUT2D eigenvalue weighted by Crippen LogP contribution is 2.22. The Hall–Kier alpha value is -1.82. The lowest BCUT2D eigenvalue weighted by Gasteiger charge is -2.25. The van der Waals surface area contributed by atoms with E-state index in [-0.39, 0.29) is 24.2 Å². The standard InChI is InChI=1S/C15H20N2O/c1-12-6-8-13(9-7-12)15(2,3)11-17-14(18)5-4-10-16/h6-9H,4-5,11H2,1-3H3,(H,17,18). The molecule has 0 aliphatic heterocycles. The van der Waals surface area contributed by atoms with E-state index >= 15 is 0 Å². The molecular formula is C15H20N2O. The molecule has 0 heterocycles. The number of hydrogen-bond donors (Lipinski definition) is 1. The number of benzene rings is 1. The number of carbonyl (C=O) groups is 1. The van der Waals surface area contributed by atoms with Crippen LogP contribution in [0, 0.1) is 18.3 Å². The lowest BCUT2D eigenvalue weighted by atomic mass is 9.84. The van der Waals surface area contributed by atoms with Crippen LogP contribution in [0.2, 0.25) is 0 Å². The van der Waals surface area contributed by atoms with Crippen LogP contribution in [0.4, 0.5) is 0 Å². The minimum Gasteiger partial charge on any atom is -0.355 e. The van der Waals surface area contributed by atoms with Gasteiger partial charge in [-0.05, 0) is 12.5 Å². The van der Waals surface area contributed by atoms with Crippen LogP contribution in [-0.4, -0.2) is 12.5 Å². The summed E-state index contributed by atoms with van der Waals surface area (Å²) in [4.78, 5) is 11.5. The average Bonchev–Trinajstić information content (AvgIpc) is 2.34. The van der Waals surface area contributed by atoms with Crippen LogP contribution < -0.4 is 5.32 Å². The van der Waals surface area contributed by atoms with Crippen molar-refractivity contribution in [2.75, 3.05) is 6.54 Å². The van der Waals surface area contributed by atoms with Crippen molar-refractivity contribution in [2.24, 2.45) is 0 Å². The van der Waals surface area contributed by atoms with E-state index in [1.54, 1.807) is 0 Å². The third-order valence-electron chi connectivity index (χ3n) is 3.02. The Morgan fingerprint density at radius 1 is 1.33 bits per heavy atom. The number of hydrogen-bond acceptors (Lipinski definition) is 2. The van der Waals surface area contributed by atoms with Gasteiger partial charge in [-0.2, -0.15) is 5.26 Å². The normalized spacial score (nSPS) is 10.8. The summed E-state index contributed by atoms with van der Waals surface area (Å²) in [6.07, 6.45) is 0.553. The number of aryl methyl sites for hydroxylation is 1. The van der Waals surface area contributed by atoms with E-state index in [0.717, 1.165) is 0 Å². The maximum Gasteiger partial charge on any atom is 0.221 e. The summed E-state index contributed by atoms with van der Waals surface area (Å²) >= 11 is 0. The molecule has 0 fully saturated rings. The predicted octanol–water partition coefficient (Wildman–Crippen LogP) is 2.69. The predicted molar refractivity (Wildman–Crippen MR) is 72.1 cm³/mol. The SMILES string of the molecule is Cc1ccc(C(C)(C)CNC(=O)CCC#N)cc1. The van der Waals surface area contributed by atoms with Gasteiger partial charge in [-0.25, -0.2) is 0 Å². The molecule has 0 bridgehead atoms. The van der Waals surface area contributed by atoms with Crippen molar-refractivity contribution in [3.8, 4) is 6.07 Å². The first kappa shape index (κ1) is 14.2. The summed E-state index contributed by atoms with van der Waals surface area (Å²) in [6.45, 7) is 6.84. The van der Waals surface area contributed by atoms with Gasteiger partial charge in [-0.1, -0.05) is 43.7 Å². The highest BCUT2D eigenvalue weighted by molar-refractivity contribution is 5.76. The highest BCUT2D eigenvalue weighted by atomic mass is 16.1. The van der Waals surface area contributed by atoms with Gasteiger partial charge in [0, 0.05) is 24.8 Å². The Kier molecular flexibility index (Phi) is 4.91. The van der Waals surface area contributed by atoms with Crippen LogP contribution in [0.3, 0.4) is 0 Å². The molecule has 0 spiro atoms. The lowest BCUT2D eigenvalue weighted by Crippen LogP contribution is -2.36. The van der Waals surface area contributed by atoms with E-state index < -0.39 is 0 Å². The fraction of sp³-hybridized carbons (Fsp3) is 0.467. The molecule has 0 radical (unpaired) electrons. The van der Waals surface area contributed by atoms with Crippen molar-refractivity contribution in [1.29, 1.82) is 5.26 Å². The van der Waals surface area contributed by atoms with Crippen molar-refractivity contribution < 1.29 is 4.79 Å². The minimum atomic E-state index is -0.101. The quantitative estimate of drug-likeness (QED) is 0.865. The molecule has 0 aliphatic rings. The molecule has 1 N–H and O–H groups in total. The Morgan fingerprint density at radius 2 is 1.94 bits per heavy atom. The molecule has 1 aromatic carbocycles.